The lowest BCUT2D eigenvalue weighted by molar-refractivity contribution is -0.539. The van der Waals surface area contributed by atoms with E-state index in [0.29, 0.717) is 16.1 Å². The number of fused-ring (bicyclic) bond motifs is 1. The first kappa shape index (κ1) is 16.0. The first-order chi connectivity index (χ1) is 9.24. The summed E-state index contributed by atoms with van der Waals surface area (Å²) in [6, 6.07) is 7.61. The molecule has 1 aliphatic heterocycles. The third kappa shape index (κ3) is 3.44. The lowest BCUT2D eigenvalue weighted by Crippen LogP contribution is -3.00. The Morgan fingerprint density at radius 2 is 2.20 bits per heavy atom. The average molecular weight is 421 g/mol. The van der Waals surface area contributed by atoms with E-state index in [0.717, 1.165) is 17.2 Å². The van der Waals surface area contributed by atoms with E-state index in [1.54, 1.807) is 35.5 Å². The van der Waals surface area contributed by atoms with E-state index in [-0.39, 0.29) is 22.7 Å². The molecule has 1 fully saturated rings. The van der Waals surface area contributed by atoms with Gasteiger partial charge in [0.1, 0.15) is 5.75 Å². The molecule has 7 heteroatoms. The fraction of sp³-hybridized carbons (Fsp3) is 0.385. The van der Waals surface area contributed by atoms with E-state index in [1.165, 1.54) is 6.42 Å². The van der Waals surface area contributed by atoms with E-state index in [4.69, 9.17) is 0 Å². The van der Waals surface area contributed by atoms with Gasteiger partial charge in [-0.2, -0.15) is 5.43 Å². The van der Waals surface area contributed by atoms with Gasteiger partial charge in [0.2, 0.25) is 0 Å². The topological polar surface area (TPSA) is 61.6 Å². The highest BCUT2D eigenvalue weighted by atomic mass is 79.9. The Kier molecular flexibility index (Phi) is 5.65. The highest BCUT2D eigenvalue weighted by Gasteiger charge is 2.42. The summed E-state index contributed by atoms with van der Waals surface area (Å²) in [5, 5.41) is 15.4. The molecule has 108 valence electrons. The lowest BCUT2D eigenvalue weighted by atomic mass is 10.2. The fourth-order valence-corrected chi connectivity index (χ4v) is 4.54. The van der Waals surface area contributed by atoms with Gasteiger partial charge in [-0.1, -0.05) is 33.2 Å². The van der Waals surface area contributed by atoms with Crippen LogP contribution in [0.5, 0.6) is 5.75 Å². The summed E-state index contributed by atoms with van der Waals surface area (Å²) in [5.74, 6) is 0.248. The van der Waals surface area contributed by atoms with E-state index in [1.807, 2.05) is 12.1 Å². The fourth-order valence-electron chi connectivity index (χ4n) is 2.37. The monoisotopic (exact) mass is 419 g/mol. The minimum absolute atomic E-state index is 0. The smallest absolute Gasteiger partial charge is 0.283 e. The van der Waals surface area contributed by atoms with Crippen LogP contribution in [0.3, 0.4) is 0 Å². The Morgan fingerprint density at radius 1 is 1.40 bits per heavy atom. The zero-order chi connectivity index (χ0) is 13.2. The SMILES string of the molecule is Oc1ccccc1/C=N/[NH2+]C1=NC2CCC(Br)C2S1.[Br-]. The molecule has 3 rings (SSSR count). The van der Waals surface area contributed by atoms with Crippen LogP contribution in [0.2, 0.25) is 0 Å². The molecule has 2 aliphatic rings. The number of rotatable bonds is 2. The highest BCUT2D eigenvalue weighted by molar-refractivity contribution is 9.09. The van der Waals surface area contributed by atoms with Crippen molar-refractivity contribution in [1.82, 2.24) is 0 Å². The van der Waals surface area contributed by atoms with Crippen LogP contribution in [0.4, 0.5) is 0 Å². The van der Waals surface area contributed by atoms with Gasteiger partial charge in [0.15, 0.2) is 0 Å². The molecule has 1 heterocycles. The number of nitrogens with zero attached hydrogens (tertiary/aromatic N) is 2. The predicted molar refractivity (Wildman–Crippen MR) is 82.2 cm³/mol. The largest absolute Gasteiger partial charge is 1.00 e. The molecule has 0 radical (unpaired) electrons. The minimum Gasteiger partial charge on any atom is -1.00 e. The van der Waals surface area contributed by atoms with E-state index in [2.05, 4.69) is 26.0 Å². The Hall–Kier alpha value is -0.370. The van der Waals surface area contributed by atoms with E-state index in [9.17, 15) is 5.11 Å². The van der Waals surface area contributed by atoms with Crippen molar-refractivity contribution in [3.8, 4) is 5.75 Å². The third-order valence-electron chi connectivity index (χ3n) is 3.36. The predicted octanol–water partition coefficient (Wildman–Crippen LogP) is -1.31. The van der Waals surface area contributed by atoms with Crippen molar-refractivity contribution in [3.63, 3.8) is 0 Å². The first-order valence-electron chi connectivity index (χ1n) is 6.27. The summed E-state index contributed by atoms with van der Waals surface area (Å²) in [6.07, 6.45) is 4.03. The maximum Gasteiger partial charge on any atom is 0.283 e. The Labute approximate surface area is 141 Å². The van der Waals surface area contributed by atoms with Gasteiger partial charge in [-0.3, -0.25) is 0 Å². The van der Waals surface area contributed by atoms with E-state index < -0.39 is 0 Å². The van der Waals surface area contributed by atoms with Crippen LogP contribution in [0.25, 0.3) is 0 Å². The van der Waals surface area contributed by atoms with Gasteiger partial charge in [0, 0.05) is 10.4 Å². The average Bonchev–Trinajstić information content (AvgIpc) is 2.95. The molecule has 0 aromatic heterocycles. The summed E-state index contributed by atoms with van der Waals surface area (Å²) in [6.45, 7) is 0. The number of benzene rings is 1. The van der Waals surface area contributed by atoms with Gasteiger partial charge in [-0.25, -0.2) is 4.99 Å². The molecular weight excluding hydrogens is 406 g/mol. The number of amidine groups is 1. The van der Waals surface area contributed by atoms with Gasteiger partial charge in [-0.15, -0.1) is 0 Å². The van der Waals surface area contributed by atoms with Crippen LogP contribution in [0, 0.1) is 0 Å². The molecular formula is C13H15Br2N3OS. The summed E-state index contributed by atoms with van der Waals surface area (Å²) >= 11 is 5.51. The Balaban J connectivity index is 0.00000147. The second-order valence-electron chi connectivity index (χ2n) is 4.68. The maximum absolute atomic E-state index is 9.62. The van der Waals surface area contributed by atoms with Crippen molar-refractivity contribution in [1.29, 1.82) is 0 Å². The molecule has 20 heavy (non-hydrogen) atoms. The molecule has 3 N–H and O–H groups in total. The second-order valence-corrected chi connectivity index (χ2v) is 7.05. The molecule has 0 saturated heterocycles. The van der Waals surface area contributed by atoms with Gasteiger partial charge in [0.05, 0.1) is 17.5 Å². The van der Waals surface area contributed by atoms with Crippen LogP contribution in [0.15, 0.2) is 34.4 Å². The van der Waals surface area contributed by atoms with Crippen molar-refractivity contribution in [2.45, 2.75) is 29.0 Å². The van der Waals surface area contributed by atoms with Crippen molar-refractivity contribution in [3.05, 3.63) is 29.8 Å². The first-order valence-corrected chi connectivity index (χ1v) is 8.06. The second kappa shape index (κ2) is 7.06. The number of phenolic OH excluding ortho intramolecular Hbond substituents is 1. The zero-order valence-corrected chi connectivity index (χ0v) is 14.6. The van der Waals surface area contributed by atoms with E-state index >= 15 is 0 Å². The summed E-state index contributed by atoms with van der Waals surface area (Å²) < 4.78 is 0. The molecule has 4 nitrogen and oxygen atoms in total. The van der Waals surface area contributed by atoms with Crippen LogP contribution in [-0.2, 0) is 0 Å². The normalized spacial score (nSPS) is 28.2. The Bertz CT molecular complexity index is 538. The number of para-hydroxylation sites is 1. The summed E-state index contributed by atoms with van der Waals surface area (Å²) in [7, 11) is 0. The van der Waals surface area contributed by atoms with Crippen LogP contribution in [-0.4, -0.2) is 32.6 Å². The number of aromatic hydroxyl groups is 1. The van der Waals surface area contributed by atoms with Crippen LogP contribution >= 0.6 is 27.7 Å². The number of halogens is 2. The molecule has 1 aromatic carbocycles. The number of quaternary nitrogens is 1. The number of aliphatic imine (C=N–C) groups is 1. The third-order valence-corrected chi connectivity index (χ3v) is 6.10. The van der Waals surface area contributed by atoms with Gasteiger partial charge in [-0.05, 0) is 36.7 Å². The molecule has 1 aromatic rings. The number of hydrogen-bond donors (Lipinski definition) is 2. The van der Waals surface area contributed by atoms with Gasteiger partial charge in [0.25, 0.3) is 5.17 Å². The molecule has 0 bridgehead atoms. The molecule has 0 amide bonds. The number of nitrogens with two attached hydrogens (primary N) is 1. The standard InChI is InChI=1S/C13H14BrN3OS.BrH/c14-9-5-6-10-12(9)19-13(16-10)17-15-7-8-3-1-2-4-11(8)18;/h1-4,7,9-10,12,18H,5-6H2,(H,16,17);1H/b15-7+;. The summed E-state index contributed by atoms with van der Waals surface area (Å²) in [5.41, 5.74) is 2.51. The Morgan fingerprint density at radius 3 is 2.95 bits per heavy atom. The molecule has 1 saturated carbocycles. The number of phenols is 1. The summed E-state index contributed by atoms with van der Waals surface area (Å²) in [4.78, 5) is 5.24. The zero-order valence-electron chi connectivity index (χ0n) is 10.6. The van der Waals surface area contributed by atoms with Crippen molar-refractivity contribution in [2.24, 2.45) is 10.1 Å². The van der Waals surface area contributed by atoms with Gasteiger partial charge < -0.3 is 22.1 Å². The van der Waals surface area contributed by atoms with Crippen LogP contribution < -0.4 is 22.4 Å². The van der Waals surface area contributed by atoms with Crippen molar-refractivity contribution >= 4 is 39.1 Å². The van der Waals surface area contributed by atoms with Crippen molar-refractivity contribution in [2.75, 3.05) is 0 Å². The minimum atomic E-state index is 0. The van der Waals surface area contributed by atoms with Gasteiger partial charge >= 0.3 is 0 Å². The maximum atomic E-state index is 9.62. The number of alkyl halides is 1. The highest BCUT2D eigenvalue weighted by Crippen LogP contribution is 2.40. The lowest BCUT2D eigenvalue weighted by Gasteiger charge is -2.07. The quantitative estimate of drug-likeness (QED) is 0.270. The number of thioether (sulfide) groups is 1. The van der Waals surface area contributed by atoms with Crippen molar-refractivity contribution < 1.29 is 27.5 Å². The molecule has 0 spiro atoms. The van der Waals surface area contributed by atoms with Crippen LogP contribution in [0.1, 0.15) is 18.4 Å². The molecule has 1 aliphatic carbocycles. The number of hydrogen-bond acceptors (Lipinski definition) is 4. The molecule has 3 atom stereocenters. The molecule has 3 unspecified atom stereocenters.